The number of rotatable bonds is 6. The number of carbonyl (C=O) groups is 1. The SMILES string of the molecule is COc1ccc(CC(=O)Nc2ccc(NC3CCS(=O)(=O)C3)nn2)cc1. The van der Waals surface area contributed by atoms with E-state index in [1.807, 2.05) is 12.1 Å². The number of methoxy groups -OCH3 is 1. The van der Waals surface area contributed by atoms with Gasteiger partial charge in [-0.2, -0.15) is 0 Å². The molecule has 2 aromatic rings. The van der Waals surface area contributed by atoms with E-state index in [1.54, 1.807) is 31.4 Å². The van der Waals surface area contributed by atoms with Gasteiger partial charge in [-0.25, -0.2) is 8.42 Å². The summed E-state index contributed by atoms with van der Waals surface area (Å²) in [5, 5.41) is 13.7. The van der Waals surface area contributed by atoms with Crippen LogP contribution in [0.2, 0.25) is 0 Å². The number of benzene rings is 1. The van der Waals surface area contributed by atoms with Gasteiger partial charge in [0.15, 0.2) is 15.7 Å². The van der Waals surface area contributed by atoms with Crippen LogP contribution in [0.5, 0.6) is 5.75 Å². The van der Waals surface area contributed by atoms with Gasteiger partial charge in [0, 0.05) is 6.04 Å². The molecule has 1 amide bonds. The Hall–Kier alpha value is -2.68. The molecule has 2 N–H and O–H groups in total. The number of nitrogens with zero attached hydrogens (tertiary/aromatic N) is 2. The minimum absolute atomic E-state index is 0.106. The molecule has 1 aromatic heterocycles. The van der Waals surface area contributed by atoms with Crippen molar-refractivity contribution in [1.29, 1.82) is 0 Å². The Bertz CT molecular complexity index is 867. The van der Waals surface area contributed by atoms with Crippen LogP contribution in [-0.4, -0.2) is 49.2 Å². The highest BCUT2D eigenvalue weighted by molar-refractivity contribution is 7.91. The number of hydrogen-bond donors (Lipinski definition) is 2. The first-order valence-electron chi connectivity index (χ1n) is 8.17. The minimum Gasteiger partial charge on any atom is -0.497 e. The number of hydrogen-bond acceptors (Lipinski definition) is 7. The van der Waals surface area contributed by atoms with Crippen LogP contribution in [0.15, 0.2) is 36.4 Å². The maximum Gasteiger partial charge on any atom is 0.229 e. The number of nitrogens with one attached hydrogen (secondary N) is 2. The summed E-state index contributed by atoms with van der Waals surface area (Å²) < 4.78 is 28.0. The van der Waals surface area contributed by atoms with E-state index in [-0.39, 0.29) is 29.9 Å². The number of aromatic nitrogens is 2. The molecule has 0 bridgehead atoms. The molecule has 1 saturated heterocycles. The van der Waals surface area contributed by atoms with Crippen molar-refractivity contribution in [3.63, 3.8) is 0 Å². The largest absolute Gasteiger partial charge is 0.497 e. The summed E-state index contributed by atoms with van der Waals surface area (Å²) in [4.78, 5) is 12.1. The van der Waals surface area contributed by atoms with Gasteiger partial charge in [0.25, 0.3) is 0 Å². The number of carbonyl (C=O) groups excluding carboxylic acids is 1. The Balaban J connectivity index is 1.52. The molecule has 9 heteroatoms. The summed E-state index contributed by atoms with van der Waals surface area (Å²) >= 11 is 0. The second-order valence-corrected chi connectivity index (χ2v) is 8.35. The Labute approximate surface area is 151 Å². The van der Waals surface area contributed by atoms with Gasteiger partial charge in [-0.1, -0.05) is 12.1 Å². The van der Waals surface area contributed by atoms with E-state index in [4.69, 9.17) is 4.74 Å². The van der Waals surface area contributed by atoms with E-state index in [1.165, 1.54) is 0 Å². The topological polar surface area (TPSA) is 110 Å². The van der Waals surface area contributed by atoms with Gasteiger partial charge >= 0.3 is 0 Å². The molecule has 0 aliphatic carbocycles. The van der Waals surface area contributed by atoms with Crippen LogP contribution < -0.4 is 15.4 Å². The highest BCUT2D eigenvalue weighted by Gasteiger charge is 2.27. The van der Waals surface area contributed by atoms with E-state index < -0.39 is 9.84 Å². The van der Waals surface area contributed by atoms with Gasteiger partial charge in [-0.05, 0) is 36.2 Å². The van der Waals surface area contributed by atoms with Crippen LogP contribution in [0.3, 0.4) is 0 Å². The summed E-state index contributed by atoms with van der Waals surface area (Å²) in [5.41, 5.74) is 0.858. The summed E-state index contributed by atoms with van der Waals surface area (Å²) in [6.45, 7) is 0. The van der Waals surface area contributed by atoms with Gasteiger partial charge in [0.05, 0.1) is 25.0 Å². The first-order chi connectivity index (χ1) is 12.4. The summed E-state index contributed by atoms with van der Waals surface area (Å²) in [7, 11) is -1.36. The molecular formula is C17H20N4O4S. The van der Waals surface area contributed by atoms with Crippen molar-refractivity contribution in [2.24, 2.45) is 0 Å². The molecule has 2 heterocycles. The Kier molecular flexibility index (Phi) is 5.36. The molecule has 8 nitrogen and oxygen atoms in total. The predicted octanol–water partition coefficient (Wildman–Crippen LogP) is 1.27. The molecule has 1 atom stereocenters. The molecular weight excluding hydrogens is 356 g/mol. The van der Waals surface area contributed by atoms with Crippen molar-refractivity contribution in [3.05, 3.63) is 42.0 Å². The fourth-order valence-electron chi connectivity index (χ4n) is 2.71. The predicted molar refractivity (Wildman–Crippen MR) is 98.0 cm³/mol. The van der Waals surface area contributed by atoms with Crippen molar-refractivity contribution < 1.29 is 17.9 Å². The number of ether oxygens (including phenoxy) is 1. The molecule has 3 rings (SSSR count). The van der Waals surface area contributed by atoms with E-state index in [9.17, 15) is 13.2 Å². The van der Waals surface area contributed by atoms with Crippen molar-refractivity contribution in [2.45, 2.75) is 18.9 Å². The van der Waals surface area contributed by atoms with Gasteiger partial charge in [0.2, 0.25) is 5.91 Å². The summed E-state index contributed by atoms with van der Waals surface area (Å²) in [5.74, 6) is 1.66. The number of amides is 1. The first kappa shape index (κ1) is 18.1. The zero-order chi connectivity index (χ0) is 18.6. The molecule has 1 aromatic carbocycles. The van der Waals surface area contributed by atoms with Crippen LogP contribution in [0.25, 0.3) is 0 Å². The van der Waals surface area contributed by atoms with Crippen LogP contribution in [0.1, 0.15) is 12.0 Å². The smallest absolute Gasteiger partial charge is 0.229 e. The fraction of sp³-hybridized carbons (Fsp3) is 0.353. The Morgan fingerprint density at radius 1 is 1.15 bits per heavy atom. The first-order valence-corrected chi connectivity index (χ1v) is 9.99. The zero-order valence-electron chi connectivity index (χ0n) is 14.3. The lowest BCUT2D eigenvalue weighted by Gasteiger charge is -2.11. The molecule has 1 unspecified atom stereocenters. The summed E-state index contributed by atoms with van der Waals surface area (Å²) in [6, 6.07) is 10.4. The van der Waals surface area contributed by atoms with Crippen LogP contribution >= 0.6 is 0 Å². The van der Waals surface area contributed by atoms with Gasteiger partial charge in [-0.15, -0.1) is 10.2 Å². The molecule has 1 aliphatic heterocycles. The van der Waals surface area contributed by atoms with Gasteiger partial charge in [0.1, 0.15) is 11.6 Å². The maximum absolute atomic E-state index is 12.1. The van der Waals surface area contributed by atoms with Crippen LogP contribution in [0.4, 0.5) is 11.6 Å². The highest BCUT2D eigenvalue weighted by atomic mass is 32.2. The third kappa shape index (κ3) is 4.92. The Morgan fingerprint density at radius 2 is 1.85 bits per heavy atom. The van der Waals surface area contributed by atoms with Crippen molar-refractivity contribution in [1.82, 2.24) is 10.2 Å². The molecule has 138 valence electrons. The molecule has 26 heavy (non-hydrogen) atoms. The highest BCUT2D eigenvalue weighted by Crippen LogP contribution is 2.17. The van der Waals surface area contributed by atoms with Gasteiger partial charge < -0.3 is 15.4 Å². The molecule has 0 spiro atoms. The monoisotopic (exact) mass is 376 g/mol. The fourth-order valence-corrected chi connectivity index (χ4v) is 4.38. The summed E-state index contributed by atoms with van der Waals surface area (Å²) in [6.07, 6.45) is 0.774. The third-order valence-corrected chi connectivity index (χ3v) is 5.81. The van der Waals surface area contributed by atoms with Crippen LogP contribution in [0, 0.1) is 0 Å². The average Bonchev–Trinajstić information content (AvgIpc) is 2.96. The normalized spacial score (nSPS) is 18.3. The quantitative estimate of drug-likeness (QED) is 0.781. The van der Waals surface area contributed by atoms with Gasteiger partial charge in [-0.3, -0.25) is 4.79 Å². The van der Waals surface area contributed by atoms with E-state index in [2.05, 4.69) is 20.8 Å². The Morgan fingerprint density at radius 3 is 2.42 bits per heavy atom. The lowest BCUT2D eigenvalue weighted by molar-refractivity contribution is -0.115. The molecule has 1 aliphatic rings. The lowest BCUT2D eigenvalue weighted by atomic mass is 10.1. The second-order valence-electron chi connectivity index (χ2n) is 6.12. The average molecular weight is 376 g/mol. The minimum atomic E-state index is -2.95. The van der Waals surface area contributed by atoms with Crippen molar-refractivity contribution >= 4 is 27.4 Å². The second kappa shape index (κ2) is 7.69. The van der Waals surface area contributed by atoms with Crippen LogP contribution in [-0.2, 0) is 21.1 Å². The molecule has 1 fully saturated rings. The van der Waals surface area contributed by atoms with Crippen molar-refractivity contribution in [2.75, 3.05) is 29.2 Å². The maximum atomic E-state index is 12.1. The standard InChI is InChI=1S/C17H20N4O4S/c1-25-14-4-2-12(3-5-14)10-17(22)19-16-7-6-15(20-21-16)18-13-8-9-26(23,24)11-13/h2-7,13H,8-11H2,1H3,(H,18,20)(H,19,21,22). The number of sulfone groups is 1. The van der Waals surface area contributed by atoms with E-state index in [0.29, 0.717) is 18.1 Å². The number of anilines is 2. The zero-order valence-corrected chi connectivity index (χ0v) is 15.1. The molecule has 0 saturated carbocycles. The lowest BCUT2D eigenvalue weighted by Crippen LogP contribution is -2.21. The third-order valence-electron chi connectivity index (χ3n) is 4.04. The van der Waals surface area contributed by atoms with E-state index >= 15 is 0 Å². The molecule has 0 radical (unpaired) electrons. The van der Waals surface area contributed by atoms with E-state index in [0.717, 1.165) is 11.3 Å². The van der Waals surface area contributed by atoms with Crippen molar-refractivity contribution in [3.8, 4) is 5.75 Å².